The van der Waals surface area contributed by atoms with Gasteiger partial charge >= 0.3 is 0 Å². The van der Waals surface area contributed by atoms with Crippen molar-refractivity contribution in [2.75, 3.05) is 25.1 Å². The molecule has 1 heterocycles. The van der Waals surface area contributed by atoms with Gasteiger partial charge in [0.1, 0.15) is 0 Å². The minimum absolute atomic E-state index is 0.00714. The van der Waals surface area contributed by atoms with E-state index in [4.69, 9.17) is 0 Å². The third-order valence-electron chi connectivity index (χ3n) is 3.79. The van der Waals surface area contributed by atoms with E-state index in [1.165, 1.54) is 4.90 Å². The Balaban J connectivity index is 1.79. The number of amides is 2. The van der Waals surface area contributed by atoms with E-state index < -0.39 is 9.84 Å². The van der Waals surface area contributed by atoms with E-state index in [9.17, 15) is 18.0 Å². The summed E-state index contributed by atoms with van der Waals surface area (Å²) >= 11 is 0. The number of hydrogen-bond acceptors (Lipinski definition) is 4. The number of carbonyl (C=O) groups excluding carboxylic acids is 2. The van der Waals surface area contributed by atoms with Crippen molar-refractivity contribution in [3.8, 4) is 0 Å². The first-order valence-corrected chi connectivity index (χ1v) is 8.96. The van der Waals surface area contributed by atoms with Gasteiger partial charge in [0.2, 0.25) is 11.8 Å². The van der Waals surface area contributed by atoms with Crippen molar-refractivity contribution in [3.05, 3.63) is 35.9 Å². The van der Waals surface area contributed by atoms with Crippen LogP contribution in [-0.4, -0.2) is 56.3 Å². The van der Waals surface area contributed by atoms with Gasteiger partial charge in [-0.2, -0.15) is 0 Å². The van der Waals surface area contributed by atoms with Crippen molar-refractivity contribution in [2.24, 2.45) is 0 Å². The maximum atomic E-state index is 12.0. The molecule has 0 saturated carbocycles. The molecule has 1 aromatic rings. The Morgan fingerprint density at radius 2 is 1.95 bits per heavy atom. The Morgan fingerprint density at radius 1 is 1.27 bits per heavy atom. The lowest BCUT2D eigenvalue weighted by Gasteiger charge is -2.23. The Bertz CT molecular complexity index is 643. The predicted molar refractivity (Wildman–Crippen MR) is 83.0 cm³/mol. The van der Waals surface area contributed by atoms with Crippen LogP contribution in [-0.2, 0) is 25.8 Å². The molecule has 0 aliphatic carbocycles. The lowest BCUT2D eigenvalue weighted by Crippen LogP contribution is -2.44. The molecule has 2 amide bonds. The van der Waals surface area contributed by atoms with Gasteiger partial charge in [0, 0.05) is 13.1 Å². The average molecular weight is 324 g/mol. The highest BCUT2D eigenvalue weighted by Gasteiger charge is 2.32. The van der Waals surface area contributed by atoms with Gasteiger partial charge in [0.15, 0.2) is 9.84 Å². The summed E-state index contributed by atoms with van der Waals surface area (Å²) in [5.41, 5.74) is 0.877. The van der Waals surface area contributed by atoms with Crippen LogP contribution in [0.15, 0.2) is 30.3 Å². The van der Waals surface area contributed by atoms with Crippen LogP contribution in [0.5, 0.6) is 0 Å². The van der Waals surface area contributed by atoms with Crippen molar-refractivity contribution in [1.29, 1.82) is 0 Å². The van der Waals surface area contributed by atoms with Gasteiger partial charge in [-0.05, 0) is 12.0 Å². The third-order valence-corrected chi connectivity index (χ3v) is 5.54. The van der Waals surface area contributed by atoms with Gasteiger partial charge in [-0.15, -0.1) is 0 Å². The maximum Gasteiger partial charge on any atom is 0.241 e. The van der Waals surface area contributed by atoms with E-state index in [2.05, 4.69) is 5.32 Å². The molecule has 1 fully saturated rings. The summed E-state index contributed by atoms with van der Waals surface area (Å²) in [5, 5.41) is 2.58. The smallest absolute Gasteiger partial charge is 0.241 e. The zero-order valence-corrected chi connectivity index (χ0v) is 13.3. The summed E-state index contributed by atoms with van der Waals surface area (Å²) in [6.45, 7) is -0.112. The number of rotatable bonds is 5. The molecule has 1 N–H and O–H groups in total. The highest BCUT2D eigenvalue weighted by Crippen LogP contribution is 2.16. The molecule has 1 atom stereocenters. The number of nitrogens with zero attached hydrogens (tertiary/aromatic N) is 1. The average Bonchev–Trinajstić information content (AvgIpc) is 2.85. The standard InChI is InChI=1S/C15H20N2O4S/c1-17(13-7-8-22(20,21)11-13)15(19)10-16-14(18)9-12-5-3-2-4-6-12/h2-6,13H,7-11H2,1H3,(H,16,18)/t13-/m0/s1. The quantitative estimate of drug-likeness (QED) is 0.826. The van der Waals surface area contributed by atoms with Crippen molar-refractivity contribution in [3.63, 3.8) is 0 Å². The van der Waals surface area contributed by atoms with Gasteiger partial charge < -0.3 is 10.2 Å². The fourth-order valence-corrected chi connectivity index (χ4v) is 4.20. The molecule has 7 heteroatoms. The molecular weight excluding hydrogens is 304 g/mol. The summed E-state index contributed by atoms with van der Waals surface area (Å²) in [5.74, 6) is -0.376. The van der Waals surface area contributed by atoms with Gasteiger partial charge in [-0.1, -0.05) is 30.3 Å². The monoisotopic (exact) mass is 324 g/mol. The summed E-state index contributed by atoms with van der Waals surface area (Å²) in [6.07, 6.45) is 0.679. The summed E-state index contributed by atoms with van der Waals surface area (Å²) in [4.78, 5) is 25.2. The number of sulfone groups is 1. The number of benzene rings is 1. The second-order valence-corrected chi connectivity index (χ2v) is 7.73. The minimum atomic E-state index is -3.03. The topological polar surface area (TPSA) is 83.6 Å². The van der Waals surface area contributed by atoms with Gasteiger partial charge in [0.25, 0.3) is 0 Å². The fraction of sp³-hybridized carbons (Fsp3) is 0.467. The van der Waals surface area contributed by atoms with Gasteiger partial charge in [0.05, 0.1) is 24.5 Å². The molecule has 1 aromatic carbocycles. The van der Waals surface area contributed by atoms with Crippen molar-refractivity contribution >= 4 is 21.7 Å². The predicted octanol–water partition coefficient (Wildman–Crippen LogP) is -0.00920. The lowest BCUT2D eigenvalue weighted by atomic mass is 10.1. The molecule has 0 bridgehead atoms. The van der Waals surface area contributed by atoms with E-state index in [1.54, 1.807) is 7.05 Å². The summed E-state index contributed by atoms with van der Waals surface area (Å²) in [6, 6.07) is 8.97. The molecule has 0 radical (unpaired) electrons. The zero-order valence-electron chi connectivity index (χ0n) is 12.5. The Morgan fingerprint density at radius 3 is 2.55 bits per heavy atom. The largest absolute Gasteiger partial charge is 0.347 e. The molecule has 2 rings (SSSR count). The lowest BCUT2D eigenvalue weighted by molar-refractivity contribution is -0.133. The highest BCUT2D eigenvalue weighted by atomic mass is 32.2. The second-order valence-electron chi connectivity index (χ2n) is 5.50. The summed E-state index contributed by atoms with van der Waals surface area (Å²) in [7, 11) is -1.45. The van der Waals surface area contributed by atoms with Crippen molar-refractivity contribution in [2.45, 2.75) is 18.9 Å². The first-order chi connectivity index (χ1) is 10.4. The van der Waals surface area contributed by atoms with E-state index in [0.717, 1.165) is 5.56 Å². The Labute approximate surface area is 130 Å². The van der Waals surface area contributed by atoms with Crippen LogP contribution in [0.3, 0.4) is 0 Å². The van der Waals surface area contributed by atoms with Crippen LogP contribution in [0.25, 0.3) is 0 Å². The molecule has 1 saturated heterocycles. The molecule has 1 aliphatic heterocycles. The second kappa shape index (κ2) is 6.91. The van der Waals surface area contributed by atoms with Gasteiger partial charge in [-0.3, -0.25) is 9.59 Å². The Hall–Kier alpha value is -1.89. The van der Waals surface area contributed by atoms with Crippen LogP contribution >= 0.6 is 0 Å². The van der Waals surface area contributed by atoms with Crippen LogP contribution in [0, 0.1) is 0 Å². The van der Waals surface area contributed by atoms with Crippen LogP contribution < -0.4 is 5.32 Å². The van der Waals surface area contributed by atoms with Crippen molar-refractivity contribution in [1.82, 2.24) is 10.2 Å². The third kappa shape index (κ3) is 4.56. The van der Waals surface area contributed by atoms with Crippen LogP contribution in [0.4, 0.5) is 0 Å². The summed E-state index contributed by atoms with van der Waals surface area (Å²) < 4.78 is 22.9. The van der Waals surface area contributed by atoms with Crippen LogP contribution in [0.2, 0.25) is 0 Å². The molecule has 22 heavy (non-hydrogen) atoms. The fourth-order valence-electron chi connectivity index (χ4n) is 2.43. The first kappa shape index (κ1) is 16.5. The van der Waals surface area contributed by atoms with E-state index in [-0.39, 0.29) is 42.3 Å². The van der Waals surface area contributed by atoms with E-state index in [1.807, 2.05) is 30.3 Å². The Kier molecular flexibility index (Phi) is 5.18. The normalized spacial score (nSPS) is 19.6. The first-order valence-electron chi connectivity index (χ1n) is 7.14. The molecular formula is C15H20N2O4S. The number of hydrogen-bond donors (Lipinski definition) is 1. The number of carbonyl (C=O) groups is 2. The SMILES string of the molecule is CN(C(=O)CNC(=O)Cc1ccccc1)[C@H]1CCS(=O)(=O)C1. The molecule has 0 spiro atoms. The van der Waals surface area contributed by atoms with E-state index in [0.29, 0.717) is 6.42 Å². The molecule has 120 valence electrons. The zero-order chi connectivity index (χ0) is 16.2. The molecule has 0 unspecified atom stereocenters. The number of likely N-dealkylation sites (N-methyl/N-ethyl adjacent to an activating group) is 1. The van der Waals surface area contributed by atoms with E-state index >= 15 is 0 Å². The maximum absolute atomic E-state index is 12.0. The minimum Gasteiger partial charge on any atom is -0.347 e. The molecule has 0 aromatic heterocycles. The van der Waals surface area contributed by atoms with Gasteiger partial charge in [-0.25, -0.2) is 8.42 Å². The number of nitrogens with one attached hydrogen (secondary N) is 1. The molecule has 1 aliphatic rings. The van der Waals surface area contributed by atoms with Crippen LogP contribution in [0.1, 0.15) is 12.0 Å². The molecule has 6 nitrogen and oxygen atoms in total. The van der Waals surface area contributed by atoms with Crippen molar-refractivity contribution < 1.29 is 18.0 Å². The highest BCUT2D eigenvalue weighted by molar-refractivity contribution is 7.91.